The van der Waals surface area contributed by atoms with Crippen LogP contribution in [0.1, 0.15) is 17.5 Å². The van der Waals surface area contributed by atoms with E-state index in [1.165, 1.54) is 46.6 Å². The summed E-state index contributed by atoms with van der Waals surface area (Å²) in [4.78, 5) is 22.0. The fraction of sp³-hybridized carbons (Fsp3) is 0.304. The first kappa shape index (κ1) is 27.3. The van der Waals surface area contributed by atoms with Gasteiger partial charge in [-0.2, -0.15) is 0 Å². The maximum atomic E-state index is 12.7. The molecule has 0 fully saturated rings. The maximum Gasteiger partial charge on any atom is 0.317 e. The van der Waals surface area contributed by atoms with E-state index >= 15 is 0 Å². The molecule has 11 nitrogen and oxygen atoms in total. The summed E-state index contributed by atoms with van der Waals surface area (Å²) >= 11 is 0. The van der Waals surface area contributed by atoms with Crippen molar-refractivity contribution in [1.29, 1.82) is 0 Å². The molecule has 2 aromatic rings. The molecule has 190 valence electrons. The van der Waals surface area contributed by atoms with Crippen LogP contribution in [-0.4, -0.2) is 60.5 Å². The molecule has 12 heteroatoms. The van der Waals surface area contributed by atoms with Gasteiger partial charge in [-0.15, -0.1) is 0 Å². The molecular formula is C23H27NO10S. The van der Waals surface area contributed by atoms with E-state index < -0.39 is 28.4 Å². The second-order valence-corrected chi connectivity index (χ2v) is 8.53. The van der Waals surface area contributed by atoms with Gasteiger partial charge >= 0.3 is 11.9 Å². The average Bonchev–Trinajstić information content (AvgIpc) is 2.81. The number of esters is 1. The molecule has 0 saturated heterocycles. The lowest BCUT2D eigenvalue weighted by Crippen LogP contribution is -2.13. The van der Waals surface area contributed by atoms with E-state index in [0.29, 0.717) is 34.1 Å². The standard InChI is InChI=1S/C23H27NO10S/c1-30-17-12-20(32-3)18(21(13-17)33-4)8-10-35(28,29)24-16-5-6-19(31-2)15(11-16)7-9-34-23(27)14-22(25)26/h5-6,8,10-13,24H,7,9,14H2,1-4H3,(H,25,26). The zero-order chi connectivity index (χ0) is 26.0. The van der Waals surface area contributed by atoms with E-state index in [4.69, 9.17) is 28.8 Å². The Hall–Kier alpha value is -3.93. The van der Waals surface area contributed by atoms with E-state index in [-0.39, 0.29) is 18.7 Å². The molecule has 0 amide bonds. The number of aliphatic carboxylic acids is 1. The number of carbonyl (C=O) groups excluding carboxylic acids is 1. The second-order valence-electron chi connectivity index (χ2n) is 6.96. The largest absolute Gasteiger partial charge is 0.496 e. The maximum absolute atomic E-state index is 12.7. The van der Waals surface area contributed by atoms with Crippen LogP contribution in [0.5, 0.6) is 23.0 Å². The second kappa shape index (κ2) is 12.5. The van der Waals surface area contributed by atoms with Crippen molar-refractivity contribution in [3.8, 4) is 23.0 Å². The van der Waals surface area contributed by atoms with Gasteiger partial charge in [-0.3, -0.25) is 14.3 Å². The van der Waals surface area contributed by atoms with Crippen LogP contribution in [0.4, 0.5) is 5.69 Å². The third-order valence-corrected chi connectivity index (χ3v) is 5.65. The van der Waals surface area contributed by atoms with Crippen molar-refractivity contribution in [2.24, 2.45) is 0 Å². The number of anilines is 1. The Morgan fingerprint density at radius 1 is 0.943 bits per heavy atom. The number of methoxy groups -OCH3 is 4. The number of nitrogens with one attached hydrogen (secondary N) is 1. The fourth-order valence-electron chi connectivity index (χ4n) is 3.04. The predicted molar refractivity (Wildman–Crippen MR) is 128 cm³/mol. The number of hydrogen-bond acceptors (Lipinski definition) is 9. The Balaban J connectivity index is 2.20. The van der Waals surface area contributed by atoms with Gasteiger partial charge in [0.15, 0.2) is 0 Å². The number of ether oxygens (including phenoxy) is 5. The van der Waals surface area contributed by atoms with Crippen LogP contribution >= 0.6 is 0 Å². The average molecular weight is 510 g/mol. The van der Waals surface area contributed by atoms with E-state index in [1.807, 2.05) is 0 Å². The molecule has 0 atom stereocenters. The number of carboxylic acid groups (broad SMARTS) is 1. The van der Waals surface area contributed by atoms with Gasteiger partial charge in [0, 0.05) is 24.2 Å². The Bertz CT molecular complexity index is 1170. The molecular weight excluding hydrogens is 482 g/mol. The molecule has 0 spiro atoms. The Morgan fingerprint density at radius 2 is 1.57 bits per heavy atom. The van der Waals surface area contributed by atoms with Crippen molar-refractivity contribution in [2.75, 3.05) is 39.8 Å². The number of carboxylic acids is 1. The third-order valence-electron chi connectivity index (χ3n) is 4.64. The topological polar surface area (TPSA) is 147 Å². The number of hydrogen-bond donors (Lipinski definition) is 2. The van der Waals surface area contributed by atoms with E-state index in [9.17, 15) is 18.0 Å². The quantitative estimate of drug-likeness (QED) is 0.305. The normalized spacial score (nSPS) is 11.1. The highest BCUT2D eigenvalue weighted by molar-refractivity contribution is 7.95. The van der Waals surface area contributed by atoms with Gasteiger partial charge in [0.25, 0.3) is 10.0 Å². The van der Waals surface area contributed by atoms with Gasteiger partial charge in [-0.05, 0) is 29.8 Å². The van der Waals surface area contributed by atoms with Gasteiger partial charge < -0.3 is 28.8 Å². The summed E-state index contributed by atoms with van der Waals surface area (Å²) in [6, 6.07) is 7.80. The first-order valence-corrected chi connectivity index (χ1v) is 11.7. The molecule has 0 unspecified atom stereocenters. The SMILES string of the molecule is COc1cc(OC)c(C=CS(=O)(=O)Nc2ccc(OC)c(CCOC(=O)CC(=O)O)c2)c(OC)c1. The van der Waals surface area contributed by atoms with Crippen LogP contribution < -0.4 is 23.7 Å². The highest BCUT2D eigenvalue weighted by Crippen LogP contribution is 2.35. The predicted octanol–water partition coefficient (Wildman–Crippen LogP) is 2.69. The molecule has 0 aliphatic heterocycles. The molecule has 2 aromatic carbocycles. The summed E-state index contributed by atoms with van der Waals surface area (Å²) in [5.41, 5.74) is 1.20. The molecule has 0 aliphatic rings. The summed E-state index contributed by atoms with van der Waals surface area (Å²) in [7, 11) is 1.86. The van der Waals surface area contributed by atoms with Crippen molar-refractivity contribution in [2.45, 2.75) is 12.8 Å². The zero-order valence-electron chi connectivity index (χ0n) is 19.7. The lowest BCUT2D eigenvalue weighted by atomic mass is 10.1. The monoisotopic (exact) mass is 509 g/mol. The van der Waals surface area contributed by atoms with Crippen LogP contribution in [0.2, 0.25) is 0 Å². The Morgan fingerprint density at radius 3 is 2.11 bits per heavy atom. The molecule has 0 heterocycles. The summed E-state index contributed by atoms with van der Waals surface area (Å²) in [5, 5.41) is 9.58. The van der Waals surface area contributed by atoms with Crippen LogP contribution in [0, 0.1) is 0 Å². The van der Waals surface area contributed by atoms with Crippen molar-refractivity contribution < 1.29 is 46.8 Å². The van der Waals surface area contributed by atoms with Gasteiger partial charge in [-0.25, -0.2) is 8.42 Å². The van der Waals surface area contributed by atoms with E-state index in [2.05, 4.69) is 4.72 Å². The van der Waals surface area contributed by atoms with Crippen molar-refractivity contribution in [3.63, 3.8) is 0 Å². The molecule has 2 rings (SSSR count). The number of rotatable bonds is 13. The molecule has 35 heavy (non-hydrogen) atoms. The molecule has 0 saturated carbocycles. The van der Waals surface area contributed by atoms with Crippen LogP contribution in [0.25, 0.3) is 6.08 Å². The first-order valence-electron chi connectivity index (χ1n) is 10.2. The Labute approximate surface area is 203 Å². The minimum Gasteiger partial charge on any atom is -0.496 e. The molecule has 0 aromatic heterocycles. The highest BCUT2D eigenvalue weighted by Gasteiger charge is 2.15. The molecule has 0 bridgehead atoms. The van der Waals surface area contributed by atoms with Gasteiger partial charge in [0.05, 0.1) is 46.0 Å². The molecule has 0 radical (unpaired) electrons. The third kappa shape index (κ3) is 8.10. The van der Waals surface area contributed by atoms with Crippen molar-refractivity contribution in [3.05, 3.63) is 46.9 Å². The minimum absolute atomic E-state index is 0.102. The summed E-state index contributed by atoms with van der Waals surface area (Å²) in [5.74, 6) is -0.514. The fourth-order valence-corrected chi connectivity index (χ4v) is 3.88. The lowest BCUT2D eigenvalue weighted by Gasteiger charge is -2.13. The van der Waals surface area contributed by atoms with Crippen LogP contribution in [0.3, 0.4) is 0 Å². The smallest absolute Gasteiger partial charge is 0.317 e. The number of benzene rings is 2. The van der Waals surface area contributed by atoms with Crippen LogP contribution in [0.15, 0.2) is 35.7 Å². The number of carbonyl (C=O) groups is 2. The summed E-state index contributed by atoms with van der Waals surface area (Å²) in [6.45, 7) is -0.102. The highest BCUT2D eigenvalue weighted by atomic mass is 32.2. The molecule has 0 aliphatic carbocycles. The van der Waals surface area contributed by atoms with Crippen LogP contribution in [-0.2, 0) is 30.8 Å². The van der Waals surface area contributed by atoms with Gasteiger partial charge in [-0.1, -0.05) is 0 Å². The first-order chi connectivity index (χ1) is 16.6. The van der Waals surface area contributed by atoms with E-state index in [1.54, 1.807) is 18.2 Å². The minimum atomic E-state index is -3.95. The van der Waals surface area contributed by atoms with E-state index in [0.717, 1.165) is 5.41 Å². The molecule has 2 N–H and O–H groups in total. The zero-order valence-corrected chi connectivity index (χ0v) is 20.5. The van der Waals surface area contributed by atoms with Gasteiger partial charge in [0.1, 0.15) is 29.4 Å². The summed E-state index contributed by atoms with van der Waals surface area (Å²) < 4.78 is 53.8. The van der Waals surface area contributed by atoms with Crippen molar-refractivity contribution >= 4 is 33.7 Å². The number of sulfonamides is 1. The Kier molecular flexibility index (Phi) is 9.76. The van der Waals surface area contributed by atoms with Crippen molar-refractivity contribution in [1.82, 2.24) is 0 Å². The lowest BCUT2D eigenvalue weighted by molar-refractivity contribution is -0.151. The van der Waals surface area contributed by atoms with Gasteiger partial charge in [0.2, 0.25) is 0 Å². The summed E-state index contributed by atoms with van der Waals surface area (Å²) in [6.07, 6.45) is 0.777.